The second-order valence-corrected chi connectivity index (χ2v) is 7.49. The molecular formula is C20H17N3O5S. The fourth-order valence-corrected chi connectivity index (χ4v) is 3.67. The minimum absolute atomic E-state index is 0.0145. The Hall–Kier alpha value is -3.33. The van der Waals surface area contributed by atoms with Crippen LogP contribution in [0.4, 0.5) is 5.69 Å². The molecule has 3 heterocycles. The normalized spacial score (nSPS) is 12.9. The molecule has 2 aromatic heterocycles. The second kappa shape index (κ2) is 7.96. The molecule has 0 fully saturated rings. The van der Waals surface area contributed by atoms with Gasteiger partial charge in [-0.25, -0.2) is 0 Å². The van der Waals surface area contributed by atoms with Crippen LogP contribution >= 0.6 is 11.3 Å². The van der Waals surface area contributed by atoms with E-state index in [4.69, 9.17) is 9.26 Å². The number of aryl methyl sites for hydroxylation is 1. The van der Waals surface area contributed by atoms with Crippen molar-refractivity contribution in [2.45, 2.75) is 19.3 Å². The topological polar surface area (TPSA) is 103 Å². The first-order chi connectivity index (χ1) is 14.0. The molecule has 0 saturated heterocycles. The van der Waals surface area contributed by atoms with Crippen molar-refractivity contribution in [2.24, 2.45) is 0 Å². The Bertz CT molecular complexity index is 1070. The summed E-state index contributed by atoms with van der Waals surface area (Å²) in [7, 11) is 1.70. The highest BCUT2D eigenvalue weighted by atomic mass is 32.1. The van der Waals surface area contributed by atoms with Gasteiger partial charge in [-0.3, -0.25) is 14.4 Å². The number of hydrogen-bond acceptors (Lipinski definition) is 8. The van der Waals surface area contributed by atoms with Gasteiger partial charge >= 0.3 is 5.97 Å². The smallest absolute Gasteiger partial charge is 0.306 e. The lowest BCUT2D eigenvalue weighted by molar-refractivity contribution is -0.142. The predicted molar refractivity (Wildman–Crippen MR) is 105 cm³/mol. The van der Waals surface area contributed by atoms with Gasteiger partial charge in [-0.2, -0.15) is 4.98 Å². The lowest BCUT2D eigenvalue weighted by atomic mass is 10.1. The number of Topliss-reactive ketones (excluding diaryl/α,β-unsaturated/α-hetero) is 1. The molecule has 0 bridgehead atoms. The van der Waals surface area contributed by atoms with E-state index in [-0.39, 0.29) is 37.6 Å². The monoisotopic (exact) mass is 411 g/mol. The van der Waals surface area contributed by atoms with Crippen LogP contribution in [-0.4, -0.2) is 41.5 Å². The van der Waals surface area contributed by atoms with E-state index in [9.17, 15) is 14.4 Å². The molecule has 29 heavy (non-hydrogen) atoms. The molecule has 0 spiro atoms. The molecular weight excluding hydrogens is 394 g/mol. The van der Waals surface area contributed by atoms with E-state index in [1.807, 2.05) is 17.5 Å². The number of ether oxygens (including phenoxy) is 1. The van der Waals surface area contributed by atoms with Crippen molar-refractivity contribution in [3.8, 4) is 10.7 Å². The van der Waals surface area contributed by atoms with Crippen molar-refractivity contribution < 1.29 is 23.6 Å². The van der Waals surface area contributed by atoms with E-state index in [0.717, 1.165) is 16.1 Å². The molecule has 0 N–H and O–H groups in total. The van der Waals surface area contributed by atoms with Crippen LogP contribution in [0.1, 0.15) is 28.2 Å². The van der Waals surface area contributed by atoms with Crippen molar-refractivity contribution in [3.63, 3.8) is 0 Å². The number of benzene rings is 1. The third kappa shape index (κ3) is 4.09. The van der Waals surface area contributed by atoms with Crippen LogP contribution < -0.4 is 4.90 Å². The molecule has 0 saturated carbocycles. The fraction of sp³-hybridized carbons (Fsp3) is 0.250. The molecule has 8 nitrogen and oxygen atoms in total. The molecule has 9 heteroatoms. The van der Waals surface area contributed by atoms with Crippen LogP contribution in [0.5, 0.6) is 0 Å². The Balaban J connectivity index is 1.27. The summed E-state index contributed by atoms with van der Waals surface area (Å²) < 4.78 is 10.2. The summed E-state index contributed by atoms with van der Waals surface area (Å²) in [6.07, 6.45) is 0.534. The third-order valence-electron chi connectivity index (χ3n) is 4.60. The molecule has 1 aromatic carbocycles. The molecule has 0 unspecified atom stereocenters. The van der Waals surface area contributed by atoms with E-state index >= 15 is 0 Å². The Morgan fingerprint density at radius 2 is 2.17 bits per heavy atom. The number of likely N-dealkylation sites (N-methyl/N-ethyl adjacent to an activating group) is 1. The van der Waals surface area contributed by atoms with Gasteiger partial charge in [-0.1, -0.05) is 11.2 Å². The van der Waals surface area contributed by atoms with Crippen molar-refractivity contribution in [1.82, 2.24) is 10.1 Å². The standard InChI is InChI=1S/C20H17N3O5S/c1-23-14-5-4-12(9-13(14)10-18(23)25)15(24)11-27-19(26)7-6-17-21-20(22-28-17)16-3-2-8-29-16/h2-5,8-9H,6-7,10-11H2,1H3. The SMILES string of the molecule is CN1C(=O)Cc2cc(C(=O)COC(=O)CCc3nc(-c4cccs4)no3)ccc21. The number of carbonyl (C=O) groups excluding carboxylic acids is 3. The van der Waals surface area contributed by atoms with Crippen LogP contribution in [-0.2, 0) is 27.2 Å². The molecule has 148 valence electrons. The first-order valence-electron chi connectivity index (χ1n) is 8.96. The number of thiophene rings is 1. The molecule has 1 aliphatic rings. The fourth-order valence-electron chi connectivity index (χ4n) is 3.02. The molecule has 4 rings (SSSR count). The average Bonchev–Trinajstić information content (AvgIpc) is 3.45. The molecule has 3 aromatic rings. The number of anilines is 1. The maximum Gasteiger partial charge on any atom is 0.306 e. The minimum Gasteiger partial charge on any atom is -0.457 e. The van der Waals surface area contributed by atoms with Crippen molar-refractivity contribution >= 4 is 34.7 Å². The lowest BCUT2D eigenvalue weighted by Gasteiger charge is -2.10. The second-order valence-electron chi connectivity index (χ2n) is 6.55. The number of rotatable bonds is 7. The van der Waals surface area contributed by atoms with E-state index in [1.54, 1.807) is 30.1 Å². The Morgan fingerprint density at radius 3 is 2.97 bits per heavy atom. The van der Waals surface area contributed by atoms with Crippen LogP contribution in [0, 0.1) is 0 Å². The van der Waals surface area contributed by atoms with Crippen molar-refractivity contribution in [3.05, 3.63) is 52.7 Å². The summed E-state index contributed by atoms with van der Waals surface area (Å²) in [6, 6.07) is 8.82. The third-order valence-corrected chi connectivity index (χ3v) is 5.46. The zero-order valence-corrected chi connectivity index (χ0v) is 16.4. The summed E-state index contributed by atoms with van der Waals surface area (Å²) in [5.41, 5.74) is 2.01. The highest BCUT2D eigenvalue weighted by Crippen LogP contribution is 2.28. The number of amides is 1. The van der Waals surface area contributed by atoms with Gasteiger partial charge in [0.2, 0.25) is 17.6 Å². The number of carbonyl (C=O) groups is 3. The minimum atomic E-state index is -0.523. The van der Waals surface area contributed by atoms with Crippen LogP contribution in [0.25, 0.3) is 10.7 Å². The maximum atomic E-state index is 12.3. The zero-order chi connectivity index (χ0) is 20.4. The number of aromatic nitrogens is 2. The molecule has 0 atom stereocenters. The average molecular weight is 411 g/mol. The van der Waals surface area contributed by atoms with Crippen molar-refractivity contribution in [1.29, 1.82) is 0 Å². The summed E-state index contributed by atoms with van der Waals surface area (Å²) in [5, 5.41) is 5.79. The van der Waals surface area contributed by atoms with Gasteiger partial charge in [-0.05, 0) is 35.2 Å². The number of nitrogens with zero attached hydrogens (tertiary/aromatic N) is 3. The van der Waals surface area contributed by atoms with Gasteiger partial charge in [0.15, 0.2) is 12.4 Å². The Kier molecular flexibility index (Phi) is 5.22. The highest BCUT2D eigenvalue weighted by Gasteiger charge is 2.25. The first-order valence-corrected chi connectivity index (χ1v) is 9.84. The quantitative estimate of drug-likeness (QED) is 0.435. The van der Waals surface area contributed by atoms with E-state index in [1.165, 1.54) is 11.3 Å². The van der Waals surface area contributed by atoms with Gasteiger partial charge in [0.05, 0.1) is 17.7 Å². The van der Waals surface area contributed by atoms with Crippen molar-refractivity contribution in [2.75, 3.05) is 18.6 Å². The number of esters is 1. The predicted octanol–water partition coefficient (Wildman–Crippen LogP) is 2.68. The Morgan fingerprint density at radius 1 is 1.31 bits per heavy atom. The highest BCUT2D eigenvalue weighted by molar-refractivity contribution is 7.13. The van der Waals surface area contributed by atoms with E-state index in [2.05, 4.69) is 10.1 Å². The summed E-state index contributed by atoms with van der Waals surface area (Å²) in [4.78, 5) is 42.7. The van der Waals surface area contributed by atoms with Gasteiger partial charge < -0.3 is 14.2 Å². The number of ketones is 1. The molecule has 1 amide bonds. The Labute approximate surface area is 170 Å². The molecule has 1 aliphatic heterocycles. The summed E-state index contributed by atoms with van der Waals surface area (Å²) in [5.74, 6) is -0.0335. The lowest BCUT2D eigenvalue weighted by Crippen LogP contribution is -2.20. The largest absolute Gasteiger partial charge is 0.457 e. The summed E-state index contributed by atoms with van der Waals surface area (Å²) in [6.45, 7) is -0.355. The maximum absolute atomic E-state index is 12.3. The van der Waals surface area contributed by atoms with E-state index in [0.29, 0.717) is 17.3 Å². The van der Waals surface area contributed by atoms with Gasteiger partial charge in [-0.15, -0.1) is 11.3 Å². The number of fused-ring (bicyclic) bond motifs is 1. The van der Waals surface area contributed by atoms with Crippen LogP contribution in [0.3, 0.4) is 0 Å². The van der Waals surface area contributed by atoms with Gasteiger partial charge in [0.25, 0.3) is 0 Å². The first kappa shape index (κ1) is 19.0. The van der Waals surface area contributed by atoms with Crippen LogP contribution in [0.2, 0.25) is 0 Å². The molecule has 0 aliphatic carbocycles. The molecule has 0 radical (unpaired) electrons. The van der Waals surface area contributed by atoms with E-state index < -0.39 is 5.97 Å². The van der Waals surface area contributed by atoms with Gasteiger partial charge in [0, 0.05) is 24.7 Å². The summed E-state index contributed by atoms with van der Waals surface area (Å²) >= 11 is 1.50. The van der Waals surface area contributed by atoms with Crippen LogP contribution in [0.15, 0.2) is 40.2 Å². The van der Waals surface area contributed by atoms with Gasteiger partial charge in [0.1, 0.15) is 0 Å². The zero-order valence-electron chi connectivity index (χ0n) is 15.6. The number of hydrogen-bond donors (Lipinski definition) is 0.